The molecule has 1 atom stereocenters. The van der Waals surface area contributed by atoms with Crippen LogP contribution in [0.15, 0.2) is 36.9 Å². The summed E-state index contributed by atoms with van der Waals surface area (Å²) in [5, 5.41) is 9.33. The quantitative estimate of drug-likeness (QED) is 0.720. The molecule has 0 saturated heterocycles. The predicted molar refractivity (Wildman–Crippen MR) is 63.9 cm³/mol. The van der Waals surface area contributed by atoms with Gasteiger partial charge in [-0.15, -0.1) is 0 Å². The van der Waals surface area contributed by atoms with Crippen LogP contribution < -0.4 is 9.47 Å². The van der Waals surface area contributed by atoms with Crippen molar-refractivity contribution in [2.24, 2.45) is 0 Å². The average molecular weight is 222 g/mol. The van der Waals surface area contributed by atoms with Crippen LogP contribution in [0, 0.1) is 0 Å². The van der Waals surface area contributed by atoms with Gasteiger partial charge in [-0.25, -0.2) is 0 Å². The van der Waals surface area contributed by atoms with E-state index in [1.54, 1.807) is 6.08 Å². The molecule has 3 nitrogen and oxygen atoms in total. The molecule has 0 spiro atoms. The first-order chi connectivity index (χ1) is 7.76. The maximum atomic E-state index is 9.33. The van der Waals surface area contributed by atoms with E-state index in [0.717, 1.165) is 11.5 Å². The Balaban J connectivity index is 2.41. The normalized spacial score (nSPS) is 11.9. The molecule has 1 N–H and O–H groups in total. The highest BCUT2D eigenvalue weighted by Crippen LogP contribution is 2.17. The van der Waals surface area contributed by atoms with E-state index in [-0.39, 0.29) is 0 Å². The summed E-state index contributed by atoms with van der Waals surface area (Å²) in [6, 6.07) is 7.30. The molecule has 3 heteroatoms. The lowest BCUT2D eigenvalue weighted by Crippen LogP contribution is -2.15. The summed E-state index contributed by atoms with van der Waals surface area (Å²) in [6.07, 6.45) is 1.99. The second-order valence-electron chi connectivity index (χ2n) is 3.44. The third kappa shape index (κ3) is 4.36. The van der Waals surface area contributed by atoms with E-state index >= 15 is 0 Å². The first kappa shape index (κ1) is 12.6. The minimum absolute atomic E-state index is 0.323. The van der Waals surface area contributed by atoms with Gasteiger partial charge in [0.05, 0.1) is 6.10 Å². The van der Waals surface area contributed by atoms with Gasteiger partial charge < -0.3 is 14.6 Å². The molecule has 0 bridgehead atoms. The van der Waals surface area contributed by atoms with Crippen LogP contribution in [-0.2, 0) is 0 Å². The Bertz CT molecular complexity index is 305. The van der Waals surface area contributed by atoms with Gasteiger partial charge in [0.15, 0.2) is 0 Å². The SMILES string of the molecule is C=CCOc1ccc(OCC(O)CC)cc1. The lowest BCUT2D eigenvalue weighted by Gasteiger charge is -2.10. The van der Waals surface area contributed by atoms with E-state index in [4.69, 9.17) is 9.47 Å². The molecule has 1 unspecified atom stereocenters. The lowest BCUT2D eigenvalue weighted by molar-refractivity contribution is 0.104. The van der Waals surface area contributed by atoms with Crippen LogP contribution in [0.25, 0.3) is 0 Å². The molecule has 0 aliphatic heterocycles. The van der Waals surface area contributed by atoms with Crippen LogP contribution >= 0.6 is 0 Å². The molecule has 1 aromatic rings. The molecule has 0 aliphatic rings. The van der Waals surface area contributed by atoms with Crippen molar-refractivity contribution in [3.63, 3.8) is 0 Å². The van der Waals surface area contributed by atoms with Gasteiger partial charge >= 0.3 is 0 Å². The fourth-order valence-electron chi connectivity index (χ4n) is 1.10. The number of hydrogen-bond acceptors (Lipinski definition) is 3. The molecule has 1 rings (SSSR count). The Labute approximate surface area is 96.3 Å². The van der Waals surface area contributed by atoms with Crippen LogP contribution in [0.3, 0.4) is 0 Å². The third-order valence-corrected chi connectivity index (χ3v) is 2.11. The summed E-state index contributed by atoms with van der Waals surface area (Å²) in [5.74, 6) is 1.52. The van der Waals surface area contributed by atoms with Gasteiger partial charge in [-0.3, -0.25) is 0 Å². The molecule has 0 amide bonds. The average Bonchev–Trinajstić information content (AvgIpc) is 2.34. The van der Waals surface area contributed by atoms with Crippen LogP contribution in [0.2, 0.25) is 0 Å². The maximum absolute atomic E-state index is 9.33. The van der Waals surface area contributed by atoms with Gasteiger partial charge in [-0.2, -0.15) is 0 Å². The zero-order valence-electron chi connectivity index (χ0n) is 9.56. The Kier molecular flexibility index (Phi) is 5.43. The van der Waals surface area contributed by atoms with Crippen molar-refractivity contribution >= 4 is 0 Å². The van der Waals surface area contributed by atoms with Crippen LogP contribution in [0.5, 0.6) is 11.5 Å². The zero-order chi connectivity index (χ0) is 11.8. The summed E-state index contributed by atoms with van der Waals surface area (Å²) < 4.78 is 10.7. The largest absolute Gasteiger partial charge is 0.491 e. The minimum atomic E-state index is -0.406. The standard InChI is InChI=1S/C13H18O3/c1-3-9-15-12-5-7-13(8-6-12)16-10-11(14)4-2/h3,5-8,11,14H,1,4,9-10H2,2H3. The predicted octanol–water partition coefficient (Wildman–Crippen LogP) is 2.40. The van der Waals surface area contributed by atoms with Gasteiger partial charge in [0.2, 0.25) is 0 Å². The maximum Gasteiger partial charge on any atom is 0.120 e. The molecule has 0 fully saturated rings. The Morgan fingerprint density at radius 2 is 1.81 bits per heavy atom. The second-order valence-corrected chi connectivity index (χ2v) is 3.44. The third-order valence-electron chi connectivity index (χ3n) is 2.11. The van der Waals surface area contributed by atoms with Gasteiger partial charge in [-0.05, 0) is 30.7 Å². The fraction of sp³-hybridized carbons (Fsp3) is 0.385. The summed E-state index contributed by atoms with van der Waals surface area (Å²) in [6.45, 7) is 6.31. The number of rotatable bonds is 7. The Morgan fingerprint density at radius 1 is 1.25 bits per heavy atom. The van der Waals surface area contributed by atoms with Crippen LogP contribution in [-0.4, -0.2) is 24.4 Å². The number of ether oxygens (including phenoxy) is 2. The summed E-state index contributed by atoms with van der Waals surface area (Å²) in [5.41, 5.74) is 0. The first-order valence-electron chi connectivity index (χ1n) is 5.41. The van der Waals surface area contributed by atoms with Crippen molar-refractivity contribution in [1.82, 2.24) is 0 Å². The van der Waals surface area contributed by atoms with E-state index in [0.29, 0.717) is 19.6 Å². The first-order valence-corrected chi connectivity index (χ1v) is 5.41. The zero-order valence-corrected chi connectivity index (χ0v) is 9.56. The molecule has 16 heavy (non-hydrogen) atoms. The van der Waals surface area contributed by atoms with E-state index in [1.165, 1.54) is 0 Å². The van der Waals surface area contributed by atoms with Crippen molar-refractivity contribution in [3.8, 4) is 11.5 Å². The van der Waals surface area contributed by atoms with Crippen molar-refractivity contribution in [3.05, 3.63) is 36.9 Å². The van der Waals surface area contributed by atoms with Crippen molar-refractivity contribution in [1.29, 1.82) is 0 Å². The highest BCUT2D eigenvalue weighted by Gasteiger charge is 2.01. The molecule has 0 radical (unpaired) electrons. The Hall–Kier alpha value is -1.48. The molecule has 0 heterocycles. The molecular weight excluding hydrogens is 204 g/mol. The van der Waals surface area contributed by atoms with E-state index in [9.17, 15) is 5.11 Å². The van der Waals surface area contributed by atoms with Crippen molar-refractivity contribution in [2.45, 2.75) is 19.4 Å². The summed E-state index contributed by atoms with van der Waals surface area (Å²) in [4.78, 5) is 0. The van der Waals surface area contributed by atoms with Crippen molar-refractivity contribution in [2.75, 3.05) is 13.2 Å². The highest BCUT2D eigenvalue weighted by atomic mass is 16.5. The van der Waals surface area contributed by atoms with E-state index in [2.05, 4.69) is 6.58 Å². The smallest absolute Gasteiger partial charge is 0.120 e. The van der Waals surface area contributed by atoms with E-state index in [1.807, 2.05) is 31.2 Å². The number of aliphatic hydroxyl groups is 1. The van der Waals surface area contributed by atoms with Crippen LogP contribution in [0.1, 0.15) is 13.3 Å². The molecule has 0 aliphatic carbocycles. The monoisotopic (exact) mass is 222 g/mol. The topological polar surface area (TPSA) is 38.7 Å². The van der Waals surface area contributed by atoms with Gasteiger partial charge in [0.1, 0.15) is 24.7 Å². The number of hydrogen-bond donors (Lipinski definition) is 1. The van der Waals surface area contributed by atoms with Gasteiger partial charge in [0.25, 0.3) is 0 Å². The number of aliphatic hydroxyl groups excluding tert-OH is 1. The van der Waals surface area contributed by atoms with Crippen LogP contribution in [0.4, 0.5) is 0 Å². The van der Waals surface area contributed by atoms with E-state index < -0.39 is 6.10 Å². The summed E-state index contributed by atoms with van der Waals surface area (Å²) in [7, 11) is 0. The lowest BCUT2D eigenvalue weighted by atomic mass is 10.3. The second kappa shape index (κ2) is 6.90. The fourth-order valence-corrected chi connectivity index (χ4v) is 1.10. The molecular formula is C13H18O3. The Morgan fingerprint density at radius 3 is 2.31 bits per heavy atom. The minimum Gasteiger partial charge on any atom is -0.491 e. The molecule has 0 aromatic heterocycles. The molecule has 0 saturated carbocycles. The molecule has 1 aromatic carbocycles. The van der Waals surface area contributed by atoms with Gasteiger partial charge in [0, 0.05) is 0 Å². The molecule has 88 valence electrons. The van der Waals surface area contributed by atoms with Crippen molar-refractivity contribution < 1.29 is 14.6 Å². The van der Waals surface area contributed by atoms with Gasteiger partial charge in [-0.1, -0.05) is 19.6 Å². The number of benzene rings is 1. The highest BCUT2D eigenvalue weighted by molar-refractivity contribution is 5.31. The summed E-state index contributed by atoms with van der Waals surface area (Å²) >= 11 is 0.